The normalized spacial score (nSPS) is 9.50. The van der Waals surface area contributed by atoms with Crippen molar-refractivity contribution in [3.8, 4) is 5.75 Å². The smallest absolute Gasteiger partial charge is 0.155 e. The second kappa shape index (κ2) is 4.07. The van der Waals surface area contributed by atoms with E-state index in [2.05, 4.69) is 4.98 Å². The Labute approximate surface area is 75.3 Å². The zero-order chi connectivity index (χ0) is 8.97. The van der Waals surface area contributed by atoms with E-state index in [1.165, 1.54) is 12.3 Å². The number of ether oxygens (including phenoxy) is 1. The Morgan fingerprint density at radius 1 is 1.75 bits per heavy atom. The summed E-state index contributed by atoms with van der Waals surface area (Å²) in [7, 11) is 0. The Morgan fingerprint density at radius 2 is 2.50 bits per heavy atom. The van der Waals surface area contributed by atoms with E-state index in [0.717, 1.165) is 0 Å². The Balaban J connectivity index is 3.03. The first kappa shape index (κ1) is 9.00. The molecule has 0 N–H and O–H groups in total. The molecule has 1 aromatic rings. The van der Waals surface area contributed by atoms with Gasteiger partial charge in [0.1, 0.15) is 10.9 Å². The first-order chi connectivity index (χ1) is 5.77. The molecule has 0 aromatic carbocycles. The summed E-state index contributed by atoms with van der Waals surface area (Å²) in [6, 6.07) is 1.52. The number of carbonyl (C=O) groups excluding carboxylic acids is 1. The highest BCUT2D eigenvalue weighted by atomic mass is 35.5. The maximum atomic E-state index is 10.5. The standard InChI is InChI=1S/C8H8ClNO2/c1-2-12-7-3-8(9)10-4-6(7)5-11/h3-5H,2H2,1H3. The van der Waals surface area contributed by atoms with Gasteiger partial charge in [-0.1, -0.05) is 11.6 Å². The maximum absolute atomic E-state index is 10.5. The Bertz CT molecular complexity index is 288. The summed E-state index contributed by atoms with van der Waals surface area (Å²) in [4.78, 5) is 14.2. The molecule has 0 radical (unpaired) electrons. The van der Waals surface area contributed by atoms with Gasteiger partial charge in [0.05, 0.1) is 12.2 Å². The monoisotopic (exact) mass is 185 g/mol. The van der Waals surface area contributed by atoms with Crippen LogP contribution in [0.5, 0.6) is 5.75 Å². The van der Waals surface area contributed by atoms with Gasteiger partial charge in [-0.25, -0.2) is 4.98 Å². The van der Waals surface area contributed by atoms with Crippen LogP contribution in [-0.4, -0.2) is 17.9 Å². The molecule has 0 fully saturated rings. The number of aldehydes is 1. The molecule has 0 aliphatic rings. The Kier molecular flexibility index (Phi) is 3.05. The average Bonchev–Trinajstić information content (AvgIpc) is 2.05. The molecule has 0 spiro atoms. The van der Waals surface area contributed by atoms with Crippen molar-refractivity contribution in [2.45, 2.75) is 6.92 Å². The first-order valence-electron chi connectivity index (χ1n) is 3.51. The van der Waals surface area contributed by atoms with Gasteiger partial charge in [0.25, 0.3) is 0 Å². The van der Waals surface area contributed by atoms with E-state index in [0.29, 0.717) is 29.4 Å². The van der Waals surface area contributed by atoms with Crippen LogP contribution < -0.4 is 4.74 Å². The molecule has 0 bridgehead atoms. The number of nitrogens with zero attached hydrogens (tertiary/aromatic N) is 1. The molecular weight excluding hydrogens is 178 g/mol. The quantitative estimate of drug-likeness (QED) is 0.534. The largest absolute Gasteiger partial charge is 0.493 e. The third-order valence-electron chi connectivity index (χ3n) is 1.29. The van der Waals surface area contributed by atoms with E-state index < -0.39 is 0 Å². The molecule has 0 unspecified atom stereocenters. The number of hydrogen-bond acceptors (Lipinski definition) is 3. The lowest BCUT2D eigenvalue weighted by molar-refractivity contribution is 0.111. The number of pyridine rings is 1. The molecule has 1 aromatic heterocycles. The number of carbonyl (C=O) groups is 1. The molecule has 64 valence electrons. The van der Waals surface area contributed by atoms with Gasteiger partial charge in [0.2, 0.25) is 0 Å². The molecule has 0 saturated heterocycles. The van der Waals surface area contributed by atoms with Crippen molar-refractivity contribution in [1.82, 2.24) is 4.98 Å². The minimum Gasteiger partial charge on any atom is -0.493 e. The fourth-order valence-corrected chi connectivity index (χ4v) is 0.941. The average molecular weight is 186 g/mol. The van der Waals surface area contributed by atoms with Crippen LogP contribution in [0.2, 0.25) is 5.15 Å². The van der Waals surface area contributed by atoms with Crippen LogP contribution in [0, 0.1) is 0 Å². The van der Waals surface area contributed by atoms with Crippen molar-refractivity contribution < 1.29 is 9.53 Å². The molecule has 3 nitrogen and oxygen atoms in total. The van der Waals surface area contributed by atoms with Gasteiger partial charge in [-0.05, 0) is 6.92 Å². The maximum Gasteiger partial charge on any atom is 0.155 e. The van der Waals surface area contributed by atoms with E-state index in [4.69, 9.17) is 16.3 Å². The van der Waals surface area contributed by atoms with Gasteiger partial charge >= 0.3 is 0 Å². The van der Waals surface area contributed by atoms with Gasteiger partial charge in [0, 0.05) is 12.3 Å². The molecule has 1 heterocycles. The highest BCUT2D eigenvalue weighted by molar-refractivity contribution is 6.29. The summed E-state index contributed by atoms with van der Waals surface area (Å²) in [5.74, 6) is 0.479. The van der Waals surface area contributed by atoms with Gasteiger partial charge in [-0.2, -0.15) is 0 Å². The van der Waals surface area contributed by atoms with Gasteiger partial charge in [0.15, 0.2) is 6.29 Å². The fourth-order valence-electron chi connectivity index (χ4n) is 0.793. The van der Waals surface area contributed by atoms with E-state index >= 15 is 0 Å². The molecule has 0 amide bonds. The van der Waals surface area contributed by atoms with E-state index in [1.807, 2.05) is 6.92 Å². The van der Waals surface area contributed by atoms with Crippen molar-refractivity contribution in [3.05, 3.63) is 23.0 Å². The molecule has 0 aliphatic heterocycles. The van der Waals surface area contributed by atoms with Crippen molar-refractivity contribution in [2.24, 2.45) is 0 Å². The highest BCUT2D eigenvalue weighted by Crippen LogP contribution is 2.19. The summed E-state index contributed by atoms with van der Waals surface area (Å²) in [5, 5.41) is 0.323. The van der Waals surface area contributed by atoms with Crippen LogP contribution in [0.4, 0.5) is 0 Å². The van der Waals surface area contributed by atoms with Crippen LogP contribution in [0.25, 0.3) is 0 Å². The lowest BCUT2D eigenvalue weighted by atomic mass is 10.3. The topological polar surface area (TPSA) is 39.2 Å². The minimum atomic E-state index is 0.323. The van der Waals surface area contributed by atoms with Crippen molar-refractivity contribution in [3.63, 3.8) is 0 Å². The summed E-state index contributed by atoms with van der Waals surface area (Å²) < 4.78 is 5.15. The fraction of sp³-hybridized carbons (Fsp3) is 0.250. The summed E-state index contributed by atoms with van der Waals surface area (Å²) >= 11 is 5.60. The van der Waals surface area contributed by atoms with Crippen LogP contribution >= 0.6 is 11.6 Å². The summed E-state index contributed by atoms with van der Waals surface area (Å²) in [6.07, 6.45) is 2.08. The number of rotatable bonds is 3. The van der Waals surface area contributed by atoms with Crippen LogP contribution in [0.1, 0.15) is 17.3 Å². The molecule has 12 heavy (non-hydrogen) atoms. The number of halogens is 1. The lowest BCUT2D eigenvalue weighted by Gasteiger charge is -2.04. The SMILES string of the molecule is CCOc1cc(Cl)ncc1C=O. The molecular formula is C8H8ClNO2. The van der Waals surface area contributed by atoms with Crippen molar-refractivity contribution >= 4 is 17.9 Å². The number of aromatic nitrogens is 1. The molecule has 1 rings (SSSR count). The molecule has 0 atom stereocenters. The first-order valence-corrected chi connectivity index (χ1v) is 3.89. The van der Waals surface area contributed by atoms with E-state index in [1.54, 1.807) is 0 Å². The molecule has 0 aliphatic carbocycles. The molecule has 0 saturated carbocycles. The highest BCUT2D eigenvalue weighted by Gasteiger charge is 2.03. The summed E-state index contributed by atoms with van der Waals surface area (Å²) in [5.41, 5.74) is 0.418. The Morgan fingerprint density at radius 3 is 3.08 bits per heavy atom. The zero-order valence-corrected chi connectivity index (χ0v) is 7.34. The predicted molar refractivity (Wildman–Crippen MR) is 45.8 cm³/mol. The number of hydrogen-bond donors (Lipinski definition) is 0. The third-order valence-corrected chi connectivity index (χ3v) is 1.50. The van der Waals surface area contributed by atoms with Crippen molar-refractivity contribution in [1.29, 1.82) is 0 Å². The van der Waals surface area contributed by atoms with Crippen LogP contribution in [-0.2, 0) is 0 Å². The van der Waals surface area contributed by atoms with Crippen LogP contribution in [0.3, 0.4) is 0 Å². The minimum absolute atomic E-state index is 0.323. The third kappa shape index (κ3) is 1.95. The van der Waals surface area contributed by atoms with Gasteiger partial charge < -0.3 is 4.74 Å². The van der Waals surface area contributed by atoms with Gasteiger partial charge in [-0.3, -0.25) is 4.79 Å². The lowest BCUT2D eigenvalue weighted by Crippen LogP contribution is -1.96. The van der Waals surface area contributed by atoms with Gasteiger partial charge in [-0.15, -0.1) is 0 Å². The summed E-state index contributed by atoms with van der Waals surface area (Å²) in [6.45, 7) is 2.34. The second-order valence-corrected chi connectivity index (χ2v) is 2.48. The second-order valence-electron chi connectivity index (χ2n) is 2.10. The van der Waals surface area contributed by atoms with Crippen molar-refractivity contribution in [2.75, 3.05) is 6.61 Å². The molecule has 4 heteroatoms. The Hall–Kier alpha value is -1.09. The predicted octanol–water partition coefficient (Wildman–Crippen LogP) is 1.95. The van der Waals surface area contributed by atoms with E-state index in [-0.39, 0.29) is 0 Å². The zero-order valence-electron chi connectivity index (χ0n) is 6.58. The van der Waals surface area contributed by atoms with E-state index in [9.17, 15) is 4.79 Å². The van der Waals surface area contributed by atoms with Crippen LogP contribution in [0.15, 0.2) is 12.3 Å².